The van der Waals surface area contributed by atoms with Crippen LogP contribution in [0.5, 0.6) is 0 Å². The van der Waals surface area contributed by atoms with E-state index in [0.717, 1.165) is 69.0 Å². The van der Waals surface area contributed by atoms with Crippen LogP contribution in [0.25, 0.3) is 0 Å². The number of aryl methyl sites for hydroxylation is 1. The summed E-state index contributed by atoms with van der Waals surface area (Å²) in [6.45, 7) is 14.3. The molecule has 1 heterocycles. The molecule has 2 aromatic rings. The average molecular weight is 675 g/mol. The molecule has 0 spiro atoms. The van der Waals surface area contributed by atoms with Gasteiger partial charge in [0, 0.05) is 31.4 Å². The van der Waals surface area contributed by atoms with Gasteiger partial charge in [-0.05, 0) is 99.8 Å². The zero-order chi connectivity index (χ0) is 36.5. The van der Waals surface area contributed by atoms with Crippen molar-refractivity contribution in [2.24, 2.45) is 11.8 Å². The van der Waals surface area contributed by atoms with E-state index in [1.54, 1.807) is 4.90 Å². The van der Waals surface area contributed by atoms with E-state index in [1.807, 2.05) is 51.3 Å². The standard InChI is InChI=1S/C35H51N3O2.C4H6O.C3H9N/c1-8-17-31-32(25(6)23-28-19-14-13-18-27(28)12-5)36-34(39)33(26(10-3)11-4)38(31)24-29-20-15-16-21-30(29)35(40)37(7)22-9-2;5-3-4-1-2-4;1-4(2)3/h13-21,25-26,32-33H,8-12,22-24H2,1-7H3,(H,36,39);3,5H,1-2H2;1-3H3/b31-17+;;/t25-,32?,33-;;/m1../s1. The zero-order valence-corrected chi connectivity index (χ0v) is 32.3. The van der Waals surface area contributed by atoms with Gasteiger partial charge in [0.15, 0.2) is 0 Å². The molecule has 2 amide bonds. The number of nitrogens with one attached hydrogen (secondary N) is 1. The molecule has 0 aromatic heterocycles. The van der Waals surface area contributed by atoms with Gasteiger partial charge in [0.2, 0.25) is 5.91 Å². The minimum absolute atomic E-state index is 0.0418. The highest BCUT2D eigenvalue weighted by Gasteiger charge is 2.42. The van der Waals surface area contributed by atoms with E-state index >= 15 is 0 Å². The Hall–Kier alpha value is -3.58. The Labute approximate surface area is 298 Å². The lowest BCUT2D eigenvalue weighted by Crippen LogP contribution is -2.62. The van der Waals surface area contributed by atoms with Crippen LogP contribution in [0.4, 0.5) is 0 Å². The number of rotatable bonds is 13. The zero-order valence-electron chi connectivity index (χ0n) is 32.3. The predicted octanol–water partition coefficient (Wildman–Crippen LogP) is 8.41. The summed E-state index contributed by atoms with van der Waals surface area (Å²) in [6.07, 6.45) is 11.3. The number of carbonyl (C=O) groups excluding carboxylic acids is 2. The maximum atomic E-state index is 14.0. The van der Waals surface area contributed by atoms with E-state index in [1.165, 1.54) is 28.7 Å². The van der Waals surface area contributed by atoms with Crippen LogP contribution in [0.1, 0.15) is 107 Å². The van der Waals surface area contributed by atoms with Crippen molar-refractivity contribution in [3.05, 3.63) is 94.4 Å². The summed E-state index contributed by atoms with van der Waals surface area (Å²) in [5, 5.41) is 11.5. The first kappa shape index (κ1) is 41.6. The molecule has 3 atom stereocenters. The highest BCUT2D eigenvalue weighted by atomic mass is 16.2. The quantitative estimate of drug-likeness (QED) is 0.209. The lowest BCUT2D eigenvalue weighted by Gasteiger charge is -2.47. The van der Waals surface area contributed by atoms with Gasteiger partial charge < -0.3 is 25.1 Å². The van der Waals surface area contributed by atoms with Gasteiger partial charge in [-0.2, -0.15) is 0 Å². The van der Waals surface area contributed by atoms with Crippen molar-refractivity contribution in [1.29, 1.82) is 0 Å². The lowest BCUT2D eigenvalue weighted by atomic mass is 9.83. The SMILES string of the molecule is CC/C=C1\C([C@H](C)Cc2ccccc2CC)NC(=O)[C@@H](C(CC)CC)N1Cc1ccccc1C(=O)N(C)CCC.CN(C)C.OC=C1CC1. The minimum Gasteiger partial charge on any atom is -0.516 e. The van der Waals surface area contributed by atoms with Crippen LogP contribution in [-0.4, -0.2) is 78.4 Å². The minimum atomic E-state index is -0.268. The number of hydrogen-bond donors (Lipinski definition) is 2. The summed E-state index contributed by atoms with van der Waals surface area (Å²) in [7, 11) is 7.87. The molecule has 1 unspecified atom stereocenters. The highest BCUT2D eigenvalue weighted by Crippen LogP contribution is 2.34. The number of carbonyl (C=O) groups is 2. The number of allylic oxidation sites excluding steroid dienone is 2. The van der Waals surface area contributed by atoms with Gasteiger partial charge in [0.1, 0.15) is 6.04 Å². The molecular weight excluding hydrogens is 608 g/mol. The molecule has 2 N–H and O–H groups in total. The van der Waals surface area contributed by atoms with Crippen LogP contribution < -0.4 is 5.32 Å². The van der Waals surface area contributed by atoms with Gasteiger partial charge in [-0.1, -0.05) is 103 Å². The van der Waals surface area contributed by atoms with Crippen molar-refractivity contribution in [1.82, 2.24) is 20.0 Å². The summed E-state index contributed by atoms with van der Waals surface area (Å²) in [4.78, 5) is 33.5. The highest BCUT2D eigenvalue weighted by molar-refractivity contribution is 5.95. The number of amides is 2. The maximum absolute atomic E-state index is 14.0. The molecule has 2 aliphatic rings. The van der Waals surface area contributed by atoms with Gasteiger partial charge in [-0.25, -0.2) is 0 Å². The van der Waals surface area contributed by atoms with Crippen LogP contribution in [0.15, 0.2) is 72.1 Å². The Bertz CT molecular complexity index is 1350. The van der Waals surface area contributed by atoms with Gasteiger partial charge in [0.25, 0.3) is 5.91 Å². The Morgan fingerprint density at radius 2 is 1.51 bits per heavy atom. The lowest BCUT2D eigenvalue weighted by molar-refractivity contribution is -0.132. The topological polar surface area (TPSA) is 76.1 Å². The molecule has 272 valence electrons. The molecular formula is C42H66N4O3. The molecule has 49 heavy (non-hydrogen) atoms. The van der Waals surface area contributed by atoms with Crippen molar-refractivity contribution in [2.75, 3.05) is 34.7 Å². The normalized spacial score (nSPS) is 18.3. The first-order valence-corrected chi connectivity index (χ1v) is 18.6. The van der Waals surface area contributed by atoms with Gasteiger partial charge in [-0.15, -0.1) is 0 Å². The van der Waals surface area contributed by atoms with E-state index in [2.05, 4.69) is 88.2 Å². The number of aliphatic hydroxyl groups excluding tert-OH is 1. The molecule has 1 aliphatic carbocycles. The summed E-state index contributed by atoms with van der Waals surface area (Å²) in [5.74, 6) is 0.588. The first-order chi connectivity index (χ1) is 23.5. The van der Waals surface area contributed by atoms with Crippen molar-refractivity contribution >= 4 is 11.8 Å². The number of benzene rings is 2. The van der Waals surface area contributed by atoms with Gasteiger partial charge >= 0.3 is 0 Å². The Balaban J connectivity index is 0.000000808. The van der Waals surface area contributed by atoms with E-state index in [0.29, 0.717) is 6.54 Å². The molecule has 1 saturated carbocycles. The van der Waals surface area contributed by atoms with Gasteiger partial charge in [0.05, 0.1) is 12.3 Å². The molecule has 0 bridgehead atoms. The average Bonchev–Trinajstić information content (AvgIpc) is 3.93. The van der Waals surface area contributed by atoms with E-state index < -0.39 is 0 Å². The Morgan fingerprint density at radius 3 is 2.00 bits per heavy atom. The smallest absolute Gasteiger partial charge is 0.253 e. The third-order valence-corrected chi connectivity index (χ3v) is 9.29. The molecule has 2 fully saturated rings. The Kier molecular flexibility index (Phi) is 18.2. The van der Waals surface area contributed by atoms with E-state index in [-0.39, 0.29) is 35.7 Å². The van der Waals surface area contributed by atoms with Crippen LogP contribution in [0, 0.1) is 11.8 Å². The van der Waals surface area contributed by atoms with E-state index in [4.69, 9.17) is 5.11 Å². The van der Waals surface area contributed by atoms with Crippen LogP contribution in [-0.2, 0) is 24.2 Å². The van der Waals surface area contributed by atoms with Crippen LogP contribution in [0.3, 0.4) is 0 Å². The second kappa shape index (κ2) is 21.5. The second-order valence-electron chi connectivity index (χ2n) is 14.0. The molecule has 1 aliphatic heterocycles. The Morgan fingerprint density at radius 1 is 0.939 bits per heavy atom. The summed E-state index contributed by atoms with van der Waals surface area (Å²) in [5.41, 5.74) is 6.80. The number of aliphatic hydroxyl groups is 1. The van der Waals surface area contributed by atoms with E-state index in [9.17, 15) is 9.59 Å². The third kappa shape index (κ3) is 12.7. The fourth-order valence-corrected chi connectivity index (χ4v) is 6.53. The fourth-order valence-electron chi connectivity index (χ4n) is 6.53. The number of nitrogens with zero attached hydrogens (tertiary/aromatic N) is 3. The van der Waals surface area contributed by atoms with Crippen molar-refractivity contribution in [2.45, 2.75) is 112 Å². The largest absolute Gasteiger partial charge is 0.516 e. The summed E-state index contributed by atoms with van der Waals surface area (Å²) >= 11 is 0. The van der Waals surface area contributed by atoms with Crippen LogP contribution in [0.2, 0.25) is 0 Å². The molecule has 2 aromatic carbocycles. The number of hydrogen-bond acceptors (Lipinski definition) is 5. The van der Waals surface area contributed by atoms with Crippen molar-refractivity contribution < 1.29 is 14.7 Å². The second-order valence-corrected chi connectivity index (χ2v) is 14.0. The molecule has 0 radical (unpaired) electrons. The molecule has 7 heteroatoms. The molecule has 7 nitrogen and oxygen atoms in total. The maximum Gasteiger partial charge on any atom is 0.253 e. The van der Waals surface area contributed by atoms with Crippen molar-refractivity contribution in [3.8, 4) is 0 Å². The molecule has 4 rings (SSSR count). The van der Waals surface area contributed by atoms with Gasteiger partial charge in [-0.3, -0.25) is 9.59 Å². The number of piperazine rings is 1. The van der Waals surface area contributed by atoms with Crippen LogP contribution >= 0.6 is 0 Å². The predicted molar refractivity (Wildman–Crippen MR) is 206 cm³/mol. The first-order valence-electron chi connectivity index (χ1n) is 18.6. The van der Waals surface area contributed by atoms with Crippen molar-refractivity contribution in [3.63, 3.8) is 0 Å². The summed E-state index contributed by atoms with van der Waals surface area (Å²) in [6, 6.07) is 16.2. The monoisotopic (exact) mass is 675 g/mol. The summed E-state index contributed by atoms with van der Waals surface area (Å²) < 4.78 is 0. The fraction of sp³-hybridized carbons (Fsp3) is 0.571. The molecule has 1 saturated heterocycles. The third-order valence-electron chi connectivity index (χ3n) is 9.29.